The topological polar surface area (TPSA) is 59.1 Å². The van der Waals surface area contributed by atoms with Gasteiger partial charge in [-0.15, -0.1) is 0 Å². The first-order valence-corrected chi connectivity index (χ1v) is 18.6. The molecule has 2 atom stereocenters. The number of hydrogen-bond acceptors (Lipinski definition) is 6. The minimum absolute atomic E-state index is 0.0522. The predicted molar refractivity (Wildman–Crippen MR) is 184 cm³/mol. The zero-order valence-electron chi connectivity index (χ0n) is 29.8. The Hall–Kier alpha value is -1.14. The Bertz CT molecular complexity index is 582. The Balaban J connectivity index is 5.50. The minimum Gasteiger partial charge on any atom is -0.461 e. The van der Waals surface area contributed by atoms with Crippen LogP contribution in [0.3, 0.4) is 0 Å². The van der Waals surface area contributed by atoms with Crippen LogP contribution in [-0.4, -0.2) is 74.2 Å². The molecule has 0 aromatic carbocycles. The average Bonchev–Trinajstić information content (AvgIpc) is 2.96. The minimum atomic E-state index is -0.102. The summed E-state index contributed by atoms with van der Waals surface area (Å²) in [6.07, 6.45) is 24.6. The summed E-state index contributed by atoms with van der Waals surface area (Å²) in [6.45, 7) is 12.2. The van der Waals surface area contributed by atoms with Gasteiger partial charge in [0.2, 0.25) is 0 Å². The van der Waals surface area contributed by atoms with E-state index in [4.69, 9.17) is 9.47 Å². The molecule has 0 heterocycles. The van der Waals surface area contributed by atoms with Gasteiger partial charge < -0.3 is 14.4 Å². The van der Waals surface area contributed by atoms with Crippen LogP contribution in [0, 0.1) is 0 Å². The van der Waals surface area contributed by atoms with Gasteiger partial charge in [-0.2, -0.15) is 0 Å². The highest BCUT2D eigenvalue weighted by Gasteiger charge is 2.23. The van der Waals surface area contributed by atoms with Gasteiger partial charge in [-0.25, -0.2) is 0 Å². The first kappa shape index (κ1) is 41.9. The van der Waals surface area contributed by atoms with Crippen LogP contribution in [0.1, 0.15) is 175 Å². The second kappa shape index (κ2) is 30.9. The lowest BCUT2D eigenvalue weighted by Gasteiger charge is -2.31. The Morgan fingerprint density at radius 3 is 1.26 bits per heavy atom. The van der Waals surface area contributed by atoms with Crippen molar-refractivity contribution in [3.63, 3.8) is 0 Å². The molecule has 0 aromatic heterocycles. The molecule has 43 heavy (non-hydrogen) atoms. The quantitative estimate of drug-likeness (QED) is 0.0558. The molecule has 256 valence electrons. The predicted octanol–water partition coefficient (Wildman–Crippen LogP) is 9.73. The third kappa shape index (κ3) is 28.1. The van der Waals surface area contributed by atoms with Crippen molar-refractivity contribution in [3.05, 3.63) is 0 Å². The molecule has 0 N–H and O–H groups in total. The van der Waals surface area contributed by atoms with Crippen molar-refractivity contribution < 1.29 is 19.1 Å². The molecule has 0 spiro atoms. The van der Waals surface area contributed by atoms with Gasteiger partial charge in [-0.1, -0.05) is 118 Å². The Kier molecular flexibility index (Phi) is 30.0. The molecular formula is C37H74N2O4. The van der Waals surface area contributed by atoms with Crippen LogP contribution in [0.15, 0.2) is 0 Å². The van der Waals surface area contributed by atoms with E-state index in [0.717, 1.165) is 96.8 Å². The number of hydrogen-bond donors (Lipinski definition) is 0. The van der Waals surface area contributed by atoms with Crippen LogP contribution in [0.25, 0.3) is 0 Å². The van der Waals surface area contributed by atoms with Crippen LogP contribution in [0.5, 0.6) is 0 Å². The van der Waals surface area contributed by atoms with E-state index < -0.39 is 0 Å². The maximum Gasteiger partial charge on any atom is 0.306 e. The van der Waals surface area contributed by atoms with Crippen molar-refractivity contribution in [2.75, 3.05) is 40.3 Å². The monoisotopic (exact) mass is 611 g/mol. The maximum atomic E-state index is 12.8. The molecule has 0 amide bonds. The molecule has 0 radical (unpaired) electrons. The van der Waals surface area contributed by atoms with Gasteiger partial charge in [0.25, 0.3) is 0 Å². The van der Waals surface area contributed by atoms with Gasteiger partial charge in [0.05, 0.1) is 0 Å². The smallest absolute Gasteiger partial charge is 0.306 e. The second-order valence-corrected chi connectivity index (χ2v) is 13.2. The average molecular weight is 611 g/mol. The third-order valence-corrected chi connectivity index (χ3v) is 8.33. The molecule has 0 saturated heterocycles. The van der Waals surface area contributed by atoms with E-state index in [0.29, 0.717) is 12.8 Å². The molecule has 0 bridgehead atoms. The normalized spacial score (nSPS) is 13.0. The molecule has 0 aliphatic rings. The third-order valence-electron chi connectivity index (χ3n) is 8.33. The molecule has 6 nitrogen and oxygen atoms in total. The summed E-state index contributed by atoms with van der Waals surface area (Å²) in [5.41, 5.74) is 0. The fourth-order valence-electron chi connectivity index (χ4n) is 5.65. The number of carbonyl (C=O) groups is 2. The van der Waals surface area contributed by atoms with E-state index in [1.807, 2.05) is 0 Å². The van der Waals surface area contributed by atoms with Crippen molar-refractivity contribution in [2.45, 2.75) is 188 Å². The van der Waals surface area contributed by atoms with E-state index >= 15 is 0 Å². The second-order valence-electron chi connectivity index (χ2n) is 13.2. The molecule has 6 heteroatoms. The lowest BCUT2D eigenvalue weighted by molar-refractivity contribution is -0.152. The zero-order chi connectivity index (χ0) is 32.0. The number of esters is 2. The van der Waals surface area contributed by atoms with Gasteiger partial charge >= 0.3 is 11.9 Å². The highest BCUT2D eigenvalue weighted by Crippen LogP contribution is 2.17. The summed E-state index contributed by atoms with van der Waals surface area (Å²) in [4.78, 5) is 30.3. The Morgan fingerprint density at radius 1 is 0.488 bits per heavy atom. The molecule has 0 fully saturated rings. The van der Waals surface area contributed by atoms with Gasteiger partial charge in [-0.05, 0) is 72.1 Å². The molecule has 2 unspecified atom stereocenters. The lowest BCUT2D eigenvalue weighted by Crippen LogP contribution is -2.42. The molecule has 0 aliphatic carbocycles. The van der Waals surface area contributed by atoms with Gasteiger partial charge in [0.15, 0.2) is 0 Å². The first-order valence-electron chi connectivity index (χ1n) is 18.6. The molecule has 0 aliphatic heterocycles. The molecule has 0 aromatic rings. The highest BCUT2D eigenvalue weighted by atomic mass is 16.5. The van der Waals surface area contributed by atoms with Crippen LogP contribution in [0.2, 0.25) is 0 Å². The number of ether oxygens (including phenoxy) is 2. The summed E-state index contributed by atoms with van der Waals surface area (Å²) < 4.78 is 12.3. The van der Waals surface area contributed by atoms with Crippen molar-refractivity contribution in [1.82, 2.24) is 9.80 Å². The zero-order valence-corrected chi connectivity index (χ0v) is 29.8. The van der Waals surface area contributed by atoms with E-state index in [1.165, 1.54) is 64.2 Å². The van der Waals surface area contributed by atoms with E-state index in [2.05, 4.69) is 51.6 Å². The largest absolute Gasteiger partial charge is 0.461 e. The van der Waals surface area contributed by atoms with Crippen molar-refractivity contribution in [1.29, 1.82) is 0 Å². The van der Waals surface area contributed by atoms with Crippen molar-refractivity contribution in [3.8, 4) is 0 Å². The van der Waals surface area contributed by atoms with Crippen molar-refractivity contribution >= 4 is 11.9 Å². The summed E-state index contributed by atoms with van der Waals surface area (Å²) >= 11 is 0. The van der Waals surface area contributed by atoms with E-state index in [9.17, 15) is 9.59 Å². The number of unbranched alkanes of at least 4 members (excludes halogenated alkanes) is 14. The summed E-state index contributed by atoms with van der Waals surface area (Å²) in [5, 5.41) is 0. The summed E-state index contributed by atoms with van der Waals surface area (Å²) in [7, 11) is 4.23. The molecule has 0 saturated carbocycles. The fraction of sp³-hybridized carbons (Fsp3) is 0.946. The summed E-state index contributed by atoms with van der Waals surface area (Å²) in [5.74, 6) is -0.104. The highest BCUT2D eigenvalue weighted by molar-refractivity contribution is 5.69. The number of nitrogens with zero attached hydrogens (tertiary/aromatic N) is 2. The number of carbonyl (C=O) groups excluding carboxylic acids is 2. The Morgan fingerprint density at radius 2 is 0.860 bits per heavy atom. The van der Waals surface area contributed by atoms with Gasteiger partial charge in [0, 0.05) is 25.9 Å². The van der Waals surface area contributed by atoms with Crippen LogP contribution < -0.4 is 0 Å². The van der Waals surface area contributed by atoms with Crippen LogP contribution in [-0.2, 0) is 19.1 Å². The summed E-state index contributed by atoms with van der Waals surface area (Å²) in [6, 6.07) is 0. The standard InChI is InChI=1S/C37H74N2O4/c1-7-11-15-17-19-23-26-34(42-36(40)28-21-13-9-3)32-39(31-25-30-38(5)6)33-35(27-24-20-18-16-12-8-2)43-37(41)29-22-14-10-4/h34-35H,7-33H2,1-6H3. The maximum absolute atomic E-state index is 12.8. The first-order chi connectivity index (χ1) is 20.9. The molecular weight excluding hydrogens is 536 g/mol. The van der Waals surface area contributed by atoms with Crippen molar-refractivity contribution in [2.24, 2.45) is 0 Å². The lowest BCUT2D eigenvalue weighted by atomic mass is 10.0. The Labute approximate surface area is 268 Å². The van der Waals surface area contributed by atoms with Crippen LogP contribution >= 0.6 is 0 Å². The van der Waals surface area contributed by atoms with E-state index in [-0.39, 0.29) is 24.1 Å². The fourth-order valence-corrected chi connectivity index (χ4v) is 5.65. The SMILES string of the molecule is CCCCCCCCC(CN(CCCN(C)C)CC(CCCCCCCC)OC(=O)CCCCC)OC(=O)CCCCC. The molecule has 0 rings (SSSR count). The van der Waals surface area contributed by atoms with Gasteiger partial charge in [-0.3, -0.25) is 14.5 Å². The van der Waals surface area contributed by atoms with E-state index in [1.54, 1.807) is 0 Å². The van der Waals surface area contributed by atoms with Gasteiger partial charge in [0.1, 0.15) is 12.2 Å². The van der Waals surface area contributed by atoms with Crippen LogP contribution in [0.4, 0.5) is 0 Å². The number of rotatable bonds is 32.